The third kappa shape index (κ3) is 7.60. The molecule has 0 N–H and O–H groups in total. The van der Waals surface area contributed by atoms with Crippen LogP contribution in [0, 0.1) is 0 Å². The zero-order valence-corrected chi connectivity index (χ0v) is 47.4. The van der Waals surface area contributed by atoms with E-state index < -0.39 is 0 Å². The lowest BCUT2D eigenvalue weighted by Gasteiger charge is -2.22. The molecule has 0 radical (unpaired) electrons. The van der Waals surface area contributed by atoms with Crippen molar-refractivity contribution in [1.82, 2.24) is 9.13 Å². The second-order valence-electron chi connectivity index (χ2n) is 22.8. The molecular formula is C79H52N2S2. The zero-order chi connectivity index (χ0) is 54.9. The van der Waals surface area contributed by atoms with Crippen molar-refractivity contribution in [2.24, 2.45) is 0 Å². The van der Waals surface area contributed by atoms with Crippen molar-refractivity contribution in [3.8, 4) is 43.4 Å². The molecule has 0 unspecified atom stereocenters. The minimum Gasteiger partial charge on any atom is -0.309 e. The van der Waals surface area contributed by atoms with E-state index >= 15 is 0 Å². The minimum absolute atomic E-state index is 0.142. The molecular weight excluding hydrogens is 1040 g/mol. The molecule has 0 fully saturated rings. The predicted molar refractivity (Wildman–Crippen MR) is 360 cm³/mol. The average molecular weight is 1090 g/mol. The van der Waals surface area contributed by atoms with Gasteiger partial charge in [0.05, 0.1) is 33.4 Å². The molecule has 390 valence electrons. The smallest absolute Gasteiger partial charge is 0.0546 e. The average Bonchev–Trinajstić information content (AvgIpc) is 2.96. The van der Waals surface area contributed by atoms with Crippen LogP contribution in [0.15, 0.2) is 255 Å². The third-order valence-electron chi connectivity index (χ3n) is 17.7. The summed E-state index contributed by atoms with van der Waals surface area (Å²) in [6.07, 6.45) is 9.13. The van der Waals surface area contributed by atoms with E-state index in [0.29, 0.717) is 0 Å². The maximum absolute atomic E-state index is 2.47. The molecule has 0 aliphatic heterocycles. The minimum atomic E-state index is -0.142. The predicted octanol–water partition coefficient (Wildman–Crippen LogP) is 22.6. The van der Waals surface area contributed by atoms with Crippen LogP contribution < -0.4 is 0 Å². The molecule has 4 heterocycles. The van der Waals surface area contributed by atoms with Gasteiger partial charge in [-0.1, -0.05) is 208 Å². The van der Waals surface area contributed by atoms with Crippen LogP contribution in [0.5, 0.6) is 0 Å². The van der Waals surface area contributed by atoms with Gasteiger partial charge in [-0.3, -0.25) is 0 Å². The molecule has 0 saturated carbocycles. The lowest BCUT2D eigenvalue weighted by molar-refractivity contribution is 0.660. The zero-order valence-electron chi connectivity index (χ0n) is 45.8. The van der Waals surface area contributed by atoms with Crippen molar-refractivity contribution in [3.63, 3.8) is 0 Å². The molecule has 0 saturated heterocycles. The van der Waals surface area contributed by atoms with E-state index in [-0.39, 0.29) is 5.41 Å². The highest BCUT2D eigenvalue weighted by Crippen LogP contribution is 2.50. The highest BCUT2D eigenvalue weighted by Gasteiger charge is 2.35. The Morgan fingerprint density at radius 1 is 0.301 bits per heavy atom. The molecule has 83 heavy (non-hydrogen) atoms. The molecule has 12 aromatic carbocycles. The Bertz CT molecular complexity index is 5100. The summed E-state index contributed by atoms with van der Waals surface area (Å²) in [5.41, 5.74) is 17.5. The first kappa shape index (κ1) is 47.9. The standard InChI is InChI=1S/C79H52N2S2/c1-79(2)69-43-49(27-33-55-35-41-77(82-55)53-31-39-73-67(45-53)65-23-11-13-25-71(65)80(73)75-47-51-15-3-5-17-57(51)59-19-7-9-21-63(59)75)29-37-61(69)62-38-30-50(44-70(62)79)28-34-56-36-42-78(83-56)54-32-40-74-68(46-54)66-24-12-14-26-72(66)81(74)76-48-52-16-4-6-18-58(52)60-20-8-10-22-64(60)76/h3-48H,1-2H3. The number of aromatic nitrogens is 2. The van der Waals surface area contributed by atoms with Crippen LogP contribution in [0.1, 0.15) is 45.9 Å². The first-order valence-electron chi connectivity index (χ1n) is 28.6. The molecule has 1 aliphatic rings. The maximum atomic E-state index is 2.47. The normalized spacial score (nSPS) is 13.2. The van der Waals surface area contributed by atoms with Gasteiger partial charge in [0, 0.05) is 57.2 Å². The lowest BCUT2D eigenvalue weighted by atomic mass is 9.81. The lowest BCUT2D eigenvalue weighted by Crippen LogP contribution is -2.15. The molecule has 1 aliphatic carbocycles. The number of thiophene rings is 2. The summed E-state index contributed by atoms with van der Waals surface area (Å²) >= 11 is 3.69. The van der Waals surface area contributed by atoms with E-state index in [1.165, 1.54) is 162 Å². The molecule has 17 rings (SSSR count). The topological polar surface area (TPSA) is 9.86 Å². The number of benzene rings is 12. The highest BCUT2D eigenvalue weighted by atomic mass is 32.1. The van der Waals surface area contributed by atoms with Gasteiger partial charge >= 0.3 is 0 Å². The molecule has 4 heteroatoms. The van der Waals surface area contributed by atoms with Gasteiger partial charge in [-0.05, 0) is 162 Å². The number of rotatable bonds is 8. The van der Waals surface area contributed by atoms with Gasteiger partial charge in [-0.15, -0.1) is 22.7 Å². The summed E-state index contributed by atoms with van der Waals surface area (Å²) in [5, 5.41) is 15.2. The van der Waals surface area contributed by atoms with Crippen LogP contribution in [-0.4, -0.2) is 9.13 Å². The van der Waals surface area contributed by atoms with Gasteiger partial charge in [-0.25, -0.2) is 0 Å². The largest absolute Gasteiger partial charge is 0.309 e. The summed E-state index contributed by atoms with van der Waals surface area (Å²) < 4.78 is 4.94. The summed E-state index contributed by atoms with van der Waals surface area (Å²) in [5.74, 6) is 0. The maximum Gasteiger partial charge on any atom is 0.0546 e. The van der Waals surface area contributed by atoms with Crippen molar-refractivity contribution >= 4 is 134 Å². The molecule has 16 aromatic rings. The molecule has 0 spiro atoms. The van der Waals surface area contributed by atoms with Gasteiger partial charge in [0.25, 0.3) is 0 Å². The first-order valence-corrected chi connectivity index (χ1v) is 30.3. The molecule has 0 bridgehead atoms. The summed E-state index contributed by atoms with van der Waals surface area (Å²) in [6.45, 7) is 4.76. The molecule has 4 aromatic heterocycles. The molecule has 2 nitrogen and oxygen atoms in total. The fourth-order valence-electron chi connectivity index (χ4n) is 13.7. The van der Waals surface area contributed by atoms with Crippen molar-refractivity contribution < 1.29 is 0 Å². The summed E-state index contributed by atoms with van der Waals surface area (Å²) in [7, 11) is 0. The van der Waals surface area contributed by atoms with Crippen molar-refractivity contribution in [2.75, 3.05) is 0 Å². The van der Waals surface area contributed by atoms with E-state index in [1.807, 2.05) is 22.7 Å². The van der Waals surface area contributed by atoms with Gasteiger partial charge in [-0.2, -0.15) is 0 Å². The first-order chi connectivity index (χ1) is 40.9. The number of nitrogens with zero attached hydrogens (tertiary/aromatic N) is 2. The Morgan fingerprint density at radius 2 is 0.687 bits per heavy atom. The quantitative estimate of drug-likeness (QED) is 0.134. The van der Waals surface area contributed by atoms with Crippen LogP contribution in [-0.2, 0) is 5.41 Å². The van der Waals surface area contributed by atoms with Gasteiger partial charge in [0.2, 0.25) is 0 Å². The number of hydrogen-bond donors (Lipinski definition) is 0. The van der Waals surface area contributed by atoms with E-state index in [2.05, 4.69) is 302 Å². The monoisotopic (exact) mass is 1090 g/mol. The Balaban J connectivity index is 0.624. The van der Waals surface area contributed by atoms with Crippen LogP contribution >= 0.6 is 22.7 Å². The van der Waals surface area contributed by atoms with Gasteiger partial charge < -0.3 is 9.13 Å². The summed E-state index contributed by atoms with van der Waals surface area (Å²) in [4.78, 5) is 5.00. The Kier molecular flexibility index (Phi) is 10.7. The molecule has 0 amide bonds. The van der Waals surface area contributed by atoms with Crippen LogP contribution in [0.2, 0.25) is 0 Å². The van der Waals surface area contributed by atoms with Gasteiger partial charge in [0.15, 0.2) is 0 Å². The Morgan fingerprint density at radius 3 is 1.14 bits per heavy atom. The van der Waals surface area contributed by atoms with Crippen molar-refractivity contribution in [2.45, 2.75) is 19.3 Å². The third-order valence-corrected chi connectivity index (χ3v) is 19.9. The number of fused-ring (bicyclic) bond motifs is 15. The second kappa shape index (κ2) is 18.6. The Hall–Kier alpha value is -9.84. The van der Waals surface area contributed by atoms with Crippen LogP contribution in [0.4, 0.5) is 0 Å². The van der Waals surface area contributed by atoms with E-state index in [0.717, 1.165) is 0 Å². The summed E-state index contributed by atoms with van der Waals surface area (Å²) in [6, 6.07) is 94.8. The second-order valence-corrected chi connectivity index (χ2v) is 25.0. The van der Waals surface area contributed by atoms with Crippen molar-refractivity contribution in [3.05, 3.63) is 287 Å². The van der Waals surface area contributed by atoms with E-state index in [1.54, 1.807) is 0 Å². The number of hydrogen-bond acceptors (Lipinski definition) is 2. The fourth-order valence-corrected chi connectivity index (χ4v) is 15.6. The van der Waals surface area contributed by atoms with E-state index in [9.17, 15) is 0 Å². The van der Waals surface area contributed by atoms with Crippen LogP contribution in [0.3, 0.4) is 0 Å². The number of para-hydroxylation sites is 2. The Labute approximate surface area is 489 Å². The SMILES string of the molecule is CC1(C)c2cc(C=Cc3ccc(-c4ccc5c(c4)c4ccccc4n5-c4cc5ccccc5c5ccccc45)s3)ccc2-c2ccc(C=Cc3ccc(-c4ccc5c(c4)c4ccccc4n5-c4cc5ccccc5c5ccccc45)s3)cc21. The van der Waals surface area contributed by atoms with E-state index in [4.69, 9.17) is 0 Å². The highest BCUT2D eigenvalue weighted by molar-refractivity contribution is 7.16. The van der Waals surface area contributed by atoms with Crippen LogP contribution in [0.25, 0.3) is 154 Å². The van der Waals surface area contributed by atoms with Gasteiger partial charge in [0.1, 0.15) is 0 Å². The van der Waals surface area contributed by atoms with Crippen molar-refractivity contribution in [1.29, 1.82) is 0 Å². The molecule has 0 atom stereocenters. The fraction of sp³-hybridized carbons (Fsp3) is 0.0380.